The summed E-state index contributed by atoms with van der Waals surface area (Å²) in [5, 5.41) is 9.52. The molecule has 1 rings (SSSR count). The average Bonchev–Trinajstić information content (AvgIpc) is 2.89. The molecule has 0 unspecified atom stereocenters. The van der Waals surface area contributed by atoms with Gasteiger partial charge in [0.05, 0.1) is 12.7 Å². The molecule has 1 aromatic heterocycles. The summed E-state index contributed by atoms with van der Waals surface area (Å²) >= 11 is 0. The molecule has 11 heteroatoms. The zero-order valence-corrected chi connectivity index (χ0v) is 10.7. The Morgan fingerprint density at radius 2 is 2.14 bits per heavy atom. The van der Waals surface area contributed by atoms with E-state index in [1.165, 1.54) is 6.20 Å². The van der Waals surface area contributed by atoms with E-state index in [4.69, 9.17) is 5.73 Å². The van der Waals surface area contributed by atoms with Crippen LogP contribution in [0.25, 0.3) is 0 Å². The van der Waals surface area contributed by atoms with Gasteiger partial charge >= 0.3 is 12.1 Å². The average molecular weight is 307 g/mol. The lowest BCUT2D eigenvalue weighted by Crippen LogP contribution is -2.37. The minimum absolute atomic E-state index is 0.00822. The summed E-state index contributed by atoms with van der Waals surface area (Å²) in [6.45, 7) is 3.00. The normalized spacial score (nSPS) is 11.0. The number of aromatic nitrogens is 3. The molecule has 1 heterocycles. The van der Waals surface area contributed by atoms with Crippen LogP contribution in [0.5, 0.6) is 0 Å². The highest BCUT2D eigenvalue weighted by Crippen LogP contribution is 2.18. The highest BCUT2D eigenvalue weighted by molar-refractivity contribution is 5.94. The highest BCUT2D eigenvalue weighted by Gasteiger charge is 2.42. The number of hydrogen-bond acceptors (Lipinski definition) is 6. The molecule has 1 amide bonds. The molecule has 0 aliphatic heterocycles. The molecule has 116 valence electrons. The van der Waals surface area contributed by atoms with Crippen LogP contribution in [-0.4, -0.2) is 51.5 Å². The highest BCUT2D eigenvalue weighted by atomic mass is 19.4. The number of rotatable bonds is 6. The van der Waals surface area contributed by atoms with Crippen molar-refractivity contribution in [3.8, 4) is 0 Å². The Morgan fingerprint density at radius 1 is 1.48 bits per heavy atom. The molecular weight excluding hydrogens is 295 g/mol. The summed E-state index contributed by atoms with van der Waals surface area (Å²) in [4.78, 5) is 23.6. The second-order valence-corrected chi connectivity index (χ2v) is 3.79. The van der Waals surface area contributed by atoms with Crippen LogP contribution in [0, 0.1) is 0 Å². The standard InChI is InChI=1S/C10H12F3N5O3/c1-6(21-9(20)10(11,12)13)8(19)18(3-2-14)5-7-4-15-17-16-7/h4H,1-3,5,14H2,(H,15,16,17). The summed E-state index contributed by atoms with van der Waals surface area (Å²) in [5.74, 6) is -4.47. The molecule has 0 aliphatic carbocycles. The summed E-state index contributed by atoms with van der Waals surface area (Å²) in [5.41, 5.74) is 5.67. The number of alkyl halides is 3. The Bertz CT molecular complexity index is 515. The van der Waals surface area contributed by atoms with Crippen LogP contribution in [0.4, 0.5) is 13.2 Å². The number of amides is 1. The Hall–Kier alpha value is -2.43. The van der Waals surface area contributed by atoms with E-state index in [0.29, 0.717) is 5.69 Å². The number of nitrogens with one attached hydrogen (secondary N) is 1. The van der Waals surface area contributed by atoms with Gasteiger partial charge in [0.25, 0.3) is 5.91 Å². The molecule has 0 radical (unpaired) electrons. The zero-order valence-electron chi connectivity index (χ0n) is 10.7. The lowest BCUT2D eigenvalue weighted by molar-refractivity contribution is -0.196. The topological polar surface area (TPSA) is 114 Å². The minimum Gasteiger partial charge on any atom is -0.415 e. The monoisotopic (exact) mass is 307 g/mol. The molecule has 0 aromatic carbocycles. The third-order valence-corrected chi connectivity index (χ3v) is 2.19. The molecule has 0 saturated carbocycles. The Balaban J connectivity index is 2.71. The van der Waals surface area contributed by atoms with Crippen LogP contribution in [0.15, 0.2) is 18.5 Å². The Kier molecular flexibility index (Phi) is 5.41. The quantitative estimate of drug-likeness (QED) is 0.424. The number of hydrogen-bond donors (Lipinski definition) is 2. The third kappa shape index (κ3) is 4.87. The van der Waals surface area contributed by atoms with Crippen LogP contribution < -0.4 is 5.73 Å². The summed E-state index contributed by atoms with van der Waals surface area (Å²) in [6, 6.07) is 0. The maximum atomic E-state index is 12.0. The smallest absolute Gasteiger partial charge is 0.415 e. The van der Waals surface area contributed by atoms with Gasteiger partial charge in [0.2, 0.25) is 0 Å². The Labute approximate surface area is 116 Å². The Morgan fingerprint density at radius 3 is 2.62 bits per heavy atom. The van der Waals surface area contributed by atoms with E-state index in [1.807, 2.05) is 0 Å². The van der Waals surface area contributed by atoms with Crippen LogP contribution >= 0.6 is 0 Å². The summed E-state index contributed by atoms with van der Waals surface area (Å²) in [7, 11) is 0. The van der Waals surface area contributed by atoms with Crippen molar-refractivity contribution in [1.82, 2.24) is 20.3 Å². The first kappa shape index (κ1) is 16.6. The number of nitrogens with zero attached hydrogens (tertiary/aromatic N) is 3. The van der Waals surface area contributed by atoms with Gasteiger partial charge in [-0.25, -0.2) is 4.79 Å². The van der Waals surface area contributed by atoms with Crippen molar-refractivity contribution in [2.24, 2.45) is 5.73 Å². The van der Waals surface area contributed by atoms with Gasteiger partial charge in [0, 0.05) is 13.1 Å². The van der Waals surface area contributed by atoms with E-state index in [9.17, 15) is 22.8 Å². The zero-order chi connectivity index (χ0) is 16.0. The summed E-state index contributed by atoms with van der Waals surface area (Å²) in [6.07, 6.45) is -3.89. The van der Waals surface area contributed by atoms with Crippen molar-refractivity contribution in [3.05, 3.63) is 24.2 Å². The van der Waals surface area contributed by atoms with Crippen molar-refractivity contribution >= 4 is 11.9 Å². The van der Waals surface area contributed by atoms with E-state index in [1.54, 1.807) is 0 Å². The fourth-order valence-electron chi connectivity index (χ4n) is 1.30. The van der Waals surface area contributed by atoms with Gasteiger partial charge in [-0.05, 0) is 0 Å². The number of ether oxygens (including phenoxy) is 1. The molecule has 21 heavy (non-hydrogen) atoms. The number of aromatic amines is 1. The molecule has 0 fully saturated rings. The second-order valence-electron chi connectivity index (χ2n) is 3.79. The van der Waals surface area contributed by atoms with E-state index < -0.39 is 23.8 Å². The largest absolute Gasteiger partial charge is 0.491 e. The van der Waals surface area contributed by atoms with Crippen LogP contribution in [0.2, 0.25) is 0 Å². The van der Waals surface area contributed by atoms with Gasteiger partial charge < -0.3 is 15.4 Å². The molecule has 0 aliphatic rings. The minimum atomic E-state index is -5.21. The first-order valence-corrected chi connectivity index (χ1v) is 5.57. The molecule has 0 spiro atoms. The molecule has 8 nitrogen and oxygen atoms in total. The van der Waals surface area contributed by atoms with Gasteiger partial charge in [-0.1, -0.05) is 6.58 Å². The van der Waals surface area contributed by atoms with E-state index in [2.05, 4.69) is 26.7 Å². The molecule has 0 bridgehead atoms. The van der Waals surface area contributed by atoms with E-state index in [0.717, 1.165) is 4.90 Å². The van der Waals surface area contributed by atoms with Crippen LogP contribution in [-0.2, 0) is 20.9 Å². The first-order valence-electron chi connectivity index (χ1n) is 5.57. The van der Waals surface area contributed by atoms with Gasteiger partial charge in [-0.15, -0.1) is 0 Å². The van der Waals surface area contributed by atoms with Crippen molar-refractivity contribution < 1.29 is 27.5 Å². The number of carbonyl (C=O) groups is 2. The predicted molar refractivity (Wildman–Crippen MR) is 62.1 cm³/mol. The molecule has 0 saturated heterocycles. The van der Waals surface area contributed by atoms with Gasteiger partial charge in [-0.3, -0.25) is 4.79 Å². The number of halogens is 3. The lowest BCUT2D eigenvalue weighted by atomic mass is 10.3. The lowest BCUT2D eigenvalue weighted by Gasteiger charge is -2.21. The maximum absolute atomic E-state index is 12.0. The predicted octanol–water partition coefficient (Wildman–Crippen LogP) is -0.289. The maximum Gasteiger partial charge on any atom is 0.491 e. The third-order valence-electron chi connectivity index (χ3n) is 2.19. The van der Waals surface area contributed by atoms with Crippen molar-refractivity contribution in [2.75, 3.05) is 13.1 Å². The van der Waals surface area contributed by atoms with Crippen LogP contribution in [0.3, 0.4) is 0 Å². The SMILES string of the molecule is C=C(OC(=O)C(F)(F)F)C(=O)N(CCN)Cc1cn[nH]n1. The second kappa shape index (κ2) is 6.83. The van der Waals surface area contributed by atoms with Gasteiger partial charge in [-0.2, -0.15) is 28.6 Å². The molecule has 0 atom stereocenters. The van der Waals surface area contributed by atoms with Crippen LogP contribution in [0.1, 0.15) is 5.69 Å². The molecular formula is C10H12F3N5O3. The van der Waals surface area contributed by atoms with E-state index >= 15 is 0 Å². The molecule has 1 aromatic rings. The molecule has 3 N–H and O–H groups in total. The van der Waals surface area contributed by atoms with Gasteiger partial charge in [0.1, 0.15) is 5.69 Å². The fourth-order valence-corrected chi connectivity index (χ4v) is 1.30. The van der Waals surface area contributed by atoms with Gasteiger partial charge in [0.15, 0.2) is 5.76 Å². The first-order chi connectivity index (χ1) is 9.75. The summed E-state index contributed by atoms with van der Waals surface area (Å²) < 4.78 is 40.0. The number of carbonyl (C=O) groups excluding carboxylic acids is 2. The van der Waals surface area contributed by atoms with Crippen molar-refractivity contribution in [1.29, 1.82) is 0 Å². The number of nitrogens with two attached hydrogens (primary N) is 1. The van der Waals surface area contributed by atoms with E-state index in [-0.39, 0.29) is 19.6 Å². The fraction of sp³-hybridized carbons (Fsp3) is 0.400. The number of esters is 1. The van der Waals surface area contributed by atoms with Crippen molar-refractivity contribution in [2.45, 2.75) is 12.7 Å². The van der Waals surface area contributed by atoms with Crippen molar-refractivity contribution in [3.63, 3.8) is 0 Å². The number of H-pyrrole nitrogens is 1.